The first-order valence-corrected chi connectivity index (χ1v) is 10.4. The summed E-state index contributed by atoms with van der Waals surface area (Å²) in [6.45, 7) is -4.70. The van der Waals surface area contributed by atoms with Gasteiger partial charge in [-0.05, 0) is 0 Å². The van der Waals surface area contributed by atoms with Crippen molar-refractivity contribution >= 4 is 35.3 Å². The van der Waals surface area contributed by atoms with Gasteiger partial charge in [0, 0.05) is 24.3 Å². The summed E-state index contributed by atoms with van der Waals surface area (Å²) in [5.74, 6) is -12.5. The number of halogens is 4. The monoisotopic (exact) mass is 548 g/mol. The fourth-order valence-corrected chi connectivity index (χ4v) is 3.17. The van der Waals surface area contributed by atoms with E-state index in [2.05, 4.69) is 0 Å². The van der Waals surface area contributed by atoms with Gasteiger partial charge in [-0.15, -0.1) is 0 Å². The molecule has 0 unspecified atom stereocenters. The number of nitrogens with zero attached hydrogens (tertiary/aromatic N) is 2. The second-order valence-electron chi connectivity index (χ2n) is 7.45. The molecule has 0 atom stereocenters. The molecule has 2 rings (SSSR count). The molecule has 2 aromatic carbocycles. The van der Waals surface area contributed by atoms with E-state index in [0.29, 0.717) is 34.1 Å². The van der Waals surface area contributed by atoms with Gasteiger partial charge in [0.15, 0.2) is 23.3 Å². The second-order valence-corrected chi connectivity index (χ2v) is 7.45. The third-order valence-electron chi connectivity index (χ3n) is 4.59. The van der Waals surface area contributed by atoms with Gasteiger partial charge in [-0.1, -0.05) is 0 Å². The van der Waals surface area contributed by atoms with Crippen molar-refractivity contribution in [2.24, 2.45) is 0 Å². The van der Waals surface area contributed by atoms with Crippen LogP contribution in [0.2, 0.25) is 0 Å². The topological polar surface area (TPSA) is 174 Å². The summed E-state index contributed by atoms with van der Waals surface area (Å²) < 4.78 is 66.0. The Bertz CT molecular complexity index is 1100. The van der Waals surface area contributed by atoms with E-state index in [-0.39, 0.29) is 0 Å². The summed E-state index contributed by atoms with van der Waals surface area (Å²) in [6, 6.07) is 2.12. The van der Waals surface area contributed by atoms with Crippen LogP contribution >= 0.6 is 0 Å². The van der Waals surface area contributed by atoms with Crippen LogP contribution < -0.4 is 19.3 Å². The molecule has 38 heavy (non-hydrogen) atoms. The molecule has 0 aliphatic heterocycles. The van der Waals surface area contributed by atoms with Crippen molar-refractivity contribution in [2.75, 3.05) is 49.2 Å². The van der Waals surface area contributed by atoms with Crippen LogP contribution in [-0.2, 0) is 19.2 Å². The minimum atomic E-state index is -1.48. The number of carbonyl (C=O) groups is 4. The maximum absolute atomic E-state index is 13.8. The zero-order valence-electron chi connectivity index (χ0n) is 19.2. The summed E-state index contributed by atoms with van der Waals surface area (Å²) in [5, 5.41) is 36.1. The van der Waals surface area contributed by atoms with Crippen molar-refractivity contribution in [3.05, 3.63) is 47.5 Å². The Labute approximate surface area is 210 Å². The smallest absolute Gasteiger partial charge is 0.323 e. The van der Waals surface area contributed by atoms with E-state index < -0.39 is 109 Å². The van der Waals surface area contributed by atoms with Gasteiger partial charge in [0.1, 0.15) is 50.9 Å². The van der Waals surface area contributed by atoms with Crippen LogP contribution in [0.3, 0.4) is 0 Å². The Kier molecular flexibility index (Phi) is 10.1. The summed E-state index contributed by atoms with van der Waals surface area (Å²) in [5.41, 5.74) is -0.840. The van der Waals surface area contributed by atoms with Crippen molar-refractivity contribution in [2.45, 2.75) is 0 Å². The molecule has 206 valence electrons. The Balaban J connectivity index is 2.28. The zero-order chi connectivity index (χ0) is 28.6. The quantitative estimate of drug-likeness (QED) is 0.187. The lowest BCUT2D eigenvalue weighted by Gasteiger charge is -2.25. The molecule has 0 amide bonds. The van der Waals surface area contributed by atoms with E-state index in [1.807, 2.05) is 0 Å². The van der Waals surface area contributed by atoms with Gasteiger partial charge in [0.05, 0.1) is 11.4 Å². The minimum Gasteiger partial charge on any atom is -0.488 e. The average Bonchev–Trinajstić information content (AvgIpc) is 2.78. The summed E-state index contributed by atoms with van der Waals surface area (Å²) in [7, 11) is 0. The summed E-state index contributed by atoms with van der Waals surface area (Å²) in [6.07, 6.45) is 0. The SMILES string of the molecule is O=C(O)CN(CC(=O)O)c1cc(F)c(F)cc1OCCOc1cc(F)c(F)cc1N(CC(=O)O)CC(=O)O. The van der Waals surface area contributed by atoms with Crippen molar-refractivity contribution in [3.63, 3.8) is 0 Å². The minimum absolute atomic E-state index is 0.420. The molecule has 0 spiro atoms. The molecule has 2 aromatic rings. The largest absolute Gasteiger partial charge is 0.488 e. The van der Waals surface area contributed by atoms with Crippen LogP contribution in [0.1, 0.15) is 0 Å². The number of benzene rings is 2. The molecule has 0 fully saturated rings. The van der Waals surface area contributed by atoms with Crippen LogP contribution in [0, 0.1) is 23.3 Å². The van der Waals surface area contributed by atoms with Gasteiger partial charge in [-0.2, -0.15) is 0 Å². The van der Waals surface area contributed by atoms with Crippen molar-refractivity contribution in [1.82, 2.24) is 0 Å². The van der Waals surface area contributed by atoms with E-state index in [1.54, 1.807) is 0 Å². The molecule has 0 saturated carbocycles. The highest BCUT2D eigenvalue weighted by molar-refractivity contribution is 5.82. The third kappa shape index (κ3) is 8.42. The van der Waals surface area contributed by atoms with E-state index in [0.717, 1.165) is 0 Å². The molecule has 0 aromatic heterocycles. The van der Waals surface area contributed by atoms with E-state index in [9.17, 15) is 36.7 Å². The van der Waals surface area contributed by atoms with E-state index >= 15 is 0 Å². The summed E-state index contributed by atoms with van der Waals surface area (Å²) in [4.78, 5) is 45.9. The lowest BCUT2D eigenvalue weighted by molar-refractivity contribution is -0.138. The number of carboxylic acids is 4. The van der Waals surface area contributed by atoms with Crippen LogP contribution in [0.4, 0.5) is 28.9 Å². The number of hydrogen-bond acceptors (Lipinski definition) is 8. The van der Waals surface area contributed by atoms with Crippen molar-refractivity contribution in [3.8, 4) is 11.5 Å². The zero-order valence-corrected chi connectivity index (χ0v) is 19.2. The first kappa shape index (κ1) is 29.5. The van der Waals surface area contributed by atoms with Crippen LogP contribution in [0.5, 0.6) is 11.5 Å². The Morgan fingerprint density at radius 3 is 1.08 bits per heavy atom. The molecule has 16 heteroatoms. The first-order chi connectivity index (χ1) is 17.8. The van der Waals surface area contributed by atoms with Crippen molar-refractivity contribution in [1.29, 1.82) is 0 Å². The highest BCUT2D eigenvalue weighted by Gasteiger charge is 2.23. The highest BCUT2D eigenvalue weighted by Crippen LogP contribution is 2.33. The van der Waals surface area contributed by atoms with Gasteiger partial charge in [0.2, 0.25) is 0 Å². The fourth-order valence-electron chi connectivity index (χ4n) is 3.17. The van der Waals surface area contributed by atoms with Gasteiger partial charge in [0.25, 0.3) is 0 Å². The molecule has 0 heterocycles. The second kappa shape index (κ2) is 13.0. The van der Waals surface area contributed by atoms with Gasteiger partial charge in [-0.3, -0.25) is 19.2 Å². The van der Waals surface area contributed by atoms with Gasteiger partial charge >= 0.3 is 23.9 Å². The first-order valence-electron chi connectivity index (χ1n) is 10.4. The van der Waals surface area contributed by atoms with Crippen molar-refractivity contribution < 1.29 is 66.6 Å². The van der Waals surface area contributed by atoms with Crippen LogP contribution in [-0.4, -0.2) is 83.7 Å². The number of hydrogen-bond donors (Lipinski definition) is 4. The van der Waals surface area contributed by atoms with E-state index in [4.69, 9.17) is 29.9 Å². The molecule has 0 saturated heterocycles. The molecule has 0 aliphatic rings. The number of anilines is 2. The molecule has 12 nitrogen and oxygen atoms in total. The standard InChI is InChI=1S/C22H20F4N2O10/c23-11-3-15(27(7-19(29)30)8-20(31)32)17(5-13(11)25)37-1-2-38-18-6-14(26)12(24)4-16(18)28(9-21(33)34)10-22(35)36/h3-6H,1-2,7-10H2,(H,29,30)(H,31,32)(H,33,34)(H,35,36). The fraction of sp³-hybridized carbons (Fsp3) is 0.273. The van der Waals surface area contributed by atoms with Gasteiger partial charge in [-0.25, -0.2) is 17.6 Å². The Morgan fingerprint density at radius 1 is 0.553 bits per heavy atom. The normalized spacial score (nSPS) is 10.5. The Morgan fingerprint density at radius 2 is 0.816 bits per heavy atom. The highest BCUT2D eigenvalue weighted by atomic mass is 19.2. The van der Waals surface area contributed by atoms with Gasteiger partial charge < -0.3 is 39.7 Å². The Hall–Kier alpha value is -4.76. The number of rotatable bonds is 15. The van der Waals surface area contributed by atoms with Crippen LogP contribution in [0.15, 0.2) is 24.3 Å². The summed E-state index contributed by atoms with van der Waals surface area (Å²) >= 11 is 0. The predicted molar refractivity (Wildman–Crippen MR) is 119 cm³/mol. The van der Waals surface area contributed by atoms with Crippen LogP contribution in [0.25, 0.3) is 0 Å². The third-order valence-corrected chi connectivity index (χ3v) is 4.59. The lowest BCUT2D eigenvalue weighted by atomic mass is 10.2. The van der Waals surface area contributed by atoms with E-state index in [1.165, 1.54) is 0 Å². The molecule has 0 aliphatic carbocycles. The molecule has 0 radical (unpaired) electrons. The number of carboxylic acid groups (broad SMARTS) is 4. The molecular weight excluding hydrogens is 528 g/mol. The number of aliphatic carboxylic acids is 4. The average molecular weight is 548 g/mol. The molecule has 0 bridgehead atoms. The molecular formula is C22H20F4N2O10. The lowest BCUT2D eigenvalue weighted by Crippen LogP contribution is -2.35. The number of ether oxygens (including phenoxy) is 2. The predicted octanol–water partition coefficient (Wildman–Crippen LogP) is 1.65. The molecule has 4 N–H and O–H groups in total. The maximum Gasteiger partial charge on any atom is 0.323 e. The maximum atomic E-state index is 13.8.